The summed E-state index contributed by atoms with van der Waals surface area (Å²) in [7, 11) is 1.60. The van der Waals surface area contributed by atoms with Crippen molar-refractivity contribution in [1.82, 2.24) is 4.90 Å². The monoisotopic (exact) mass is 269 g/mol. The fourth-order valence-electron chi connectivity index (χ4n) is 2.46. The molecule has 106 valence electrons. The number of ether oxygens (including phenoxy) is 1. The summed E-state index contributed by atoms with van der Waals surface area (Å²) in [5.74, 6) is -1.34. The molecule has 0 amide bonds. The Morgan fingerprint density at radius 1 is 1.32 bits per heavy atom. The quantitative estimate of drug-likeness (QED) is 0.557. The van der Waals surface area contributed by atoms with Crippen LogP contribution in [0.1, 0.15) is 25.7 Å². The number of alkyl halides is 2. The van der Waals surface area contributed by atoms with Gasteiger partial charge in [0.15, 0.2) is 0 Å². The molecular weight excluding hydrogens is 248 g/mol. The first-order valence-corrected chi connectivity index (χ1v) is 6.71. The van der Waals surface area contributed by atoms with Crippen LogP contribution in [0, 0.1) is 5.92 Å². The number of allylic oxidation sites excluding steroid dienone is 2. The third kappa shape index (κ3) is 3.17. The van der Waals surface area contributed by atoms with Crippen LogP contribution in [0.4, 0.5) is 8.78 Å². The highest BCUT2D eigenvalue weighted by Gasteiger charge is 2.36. The average molecular weight is 269 g/mol. The summed E-state index contributed by atoms with van der Waals surface area (Å²) in [6, 6.07) is 0. The van der Waals surface area contributed by atoms with Crippen LogP contribution in [0.5, 0.6) is 0 Å². The van der Waals surface area contributed by atoms with E-state index in [0.717, 1.165) is 24.1 Å². The number of nitrogens with zero attached hydrogens (tertiary/aromatic N) is 1. The van der Waals surface area contributed by atoms with Crippen LogP contribution >= 0.6 is 0 Å². The lowest BCUT2D eigenvalue weighted by Gasteiger charge is -2.35. The Kier molecular flexibility index (Phi) is 3.97. The predicted octanol–water partition coefficient (Wildman–Crippen LogP) is 3.73. The number of hydrogen-bond donors (Lipinski definition) is 0. The van der Waals surface area contributed by atoms with E-state index in [9.17, 15) is 8.78 Å². The highest BCUT2D eigenvalue weighted by atomic mass is 19.3. The second-order valence-corrected chi connectivity index (χ2v) is 5.27. The summed E-state index contributed by atoms with van der Waals surface area (Å²) < 4.78 is 31.9. The molecule has 0 aromatic heterocycles. The molecule has 2 aliphatic rings. The first-order chi connectivity index (χ1) is 8.98. The van der Waals surface area contributed by atoms with Crippen molar-refractivity contribution in [2.45, 2.75) is 31.6 Å². The number of likely N-dealkylation sites (tertiary alicyclic amines) is 1. The predicted molar refractivity (Wildman–Crippen MR) is 71.9 cm³/mol. The van der Waals surface area contributed by atoms with Crippen LogP contribution in [0.25, 0.3) is 0 Å². The summed E-state index contributed by atoms with van der Waals surface area (Å²) in [6.45, 7) is 8.54. The Morgan fingerprint density at radius 2 is 1.89 bits per heavy atom. The molecule has 0 atom stereocenters. The molecule has 1 aliphatic carbocycles. The minimum atomic E-state index is -2.54. The second-order valence-electron chi connectivity index (χ2n) is 5.27. The zero-order valence-corrected chi connectivity index (χ0v) is 11.4. The maximum Gasteiger partial charge on any atom is 0.251 e. The first-order valence-electron chi connectivity index (χ1n) is 6.71. The van der Waals surface area contributed by atoms with Gasteiger partial charge in [-0.15, -0.1) is 0 Å². The van der Waals surface area contributed by atoms with Crippen molar-refractivity contribution < 1.29 is 13.5 Å². The Labute approximate surface area is 113 Å². The molecule has 0 unspecified atom stereocenters. The fraction of sp³-hybridized carbons (Fsp3) is 0.600. The molecule has 0 bridgehead atoms. The molecule has 0 radical (unpaired) electrons. The summed E-state index contributed by atoms with van der Waals surface area (Å²) in [5, 5.41) is 0. The van der Waals surface area contributed by atoms with Gasteiger partial charge in [-0.1, -0.05) is 13.2 Å². The van der Waals surface area contributed by atoms with Crippen LogP contribution in [0.3, 0.4) is 0 Å². The van der Waals surface area contributed by atoms with E-state index in [1.54, 1.807) is 13.2 Å². The van der Waals surface area contributed by atoms with Gasteiger partial charge in [-0.25, -0.2) is 8.78 Å². The van der Waals surface area contributed by atoms with E-state index in [1.165, 1.54) is 0 Å². The van der Waals surface area contributed by atoms with Gasteiger partial charge in [-0.3, -0.25) is 0 Å². The molecule has 19 heavy (non-hydrogen) atoms. The number of piperidine rings is 1. The molecule has 2 nitrogen and oxygen atoms in total. The lowest BCUT2D eigenvalue weighted by molar-refractivity contribution is -0.0489. The van der Waals surface area contributed by atoms with Gasteiger partial charge >= 0.3 is 0 Å². The largest absolute Gasteiger partial charge is 0.494 e. The van der Waals surface area contributed by atoms with Crippen molar-refractivity contribution in [3.05, 3.63) is 36.3 Å². The number of rotatable bonds is 5. The lowest BCUT2D eigenvalue weighted by atomic mass is 10.0. The molecule has 0 aromatic rings. The van der Waals surface area contributed by atoms with Crippen LogP contribution in [-0.4, -0.2) is 31.0 Å². The van der Waals surface area contributed by atoms with Crippen LogP contribution < -0.4 is 0 Å². The zero-order chi connectivity index (χ0) is 14.0. The number of halogens is 2. The summed E-state index contributed by atoms with van der Waals surface area (Å²) >= 11 is 0. The SMILES string of the molecule is C=C/C(=C(/OC)C(=C)C1CC1)N1CCC(F)(F)CC1. The Bertz CT molecular complexity index is 400. The summed E-state index contributed by atoms with van der Waals surface area (Å²) in [4.78, 5) is 1.93. The van der Waals surface area contributed by atoms with Gasteiger partial charge in [0.05, 0.1) is 12.8 Å². The van der Waals surface area contributed by atoms with Gasteiger partial charge in [-0.2, -0.15) is 0 Å². The van der Waals surface area contributed by atoms with Crippen molar-refractivity contribution in [3.63, 3.8) is 0 Å². The molecule has 2 rings (SSSR count). The minimum Gasteiger partial charge on any atom is -0.494 e. The van der Waals surface area contributed by atoms with E-state index in [1.807, 2.05) is 4.90 Å². The maximum absolute atomic E-state index is 13.2. The molecule has 1 aliphatic heterocycles. The van der Waals surface area contributed by atoms with E-state index in [-0.39, 0.29) is 12.8 Å². The highest BCUT2D eigenvalue weighted by Crippen LogP contribution is 2.41. The summed E-state index contributed by atoms with van der Waals surface area (Å²) in [6.07, 6.45) is 3.73. The van der Waals surface area contributed by atoms with E-state index in [2.05, 4.69) is 13.2 Å². The van der Waals surface area contributed by atoms with Gasteiger partial charge in [0.1, 0.15) is 5.76 Å². The molecule has 0 aromatic carbocycles. The third-order valence-corrected chi connectivity index (χ3v) is 3.83. The molecule has 0 N–H and O–H groups in total. The molecule has 2 fully saturated rings. The third-order valence-electron chi connectivity index (χ3n) is 3.83. The van der Waals surface area contributed by atoms with Gasteiger partial charge < -0.3 is 9.64 Å². The van der Waals surface area contributed by atoms with Gasteiger partial charge in [-0.05, 0) is 30.4 Å². The average Bonchev–Trinajstić information content (AvgIpc) is 3.20. The zero-order valence-electron chi connectivity index (χ0n) is 11.4. The molecule has 1 heterocycles. The van der Waals surface area contributed by atoms with E-state index in [0.29, 0.717) is 24.8 Å². The van der Waals surface area contributed by atoms with E-state index in [4.69, 9.17) is 4.74 Å². The van der Waals surface area contributed by atoms with Gasteiger partial charge in [0, 0.05) is 25.9 Å². The van der Waals surface area contributed by atoms with E-state index >= 15 is 0 Å². The molecular formula is C15H21F2NO. The van der Waals surface area contributed by atoms with Crippen molar-refractivity contribution in [2.75, 3.05) is 20.2 Å². The van der Waals surface area contributed by atoms with Gasteiger partial charge in [0.2, 0.25) is 0 Å². The van der Waals surface area contributed by atoms with Gasteiger partial charge in [0.25, 0.3) is 5.92 Å². The number of methoxy groups -OCH3 is 1. The maximum atomic E-state index is 13.2. The first kappa shape index (κ1) is 14.1. The van der Waals surface area contributed by atoms with Crippen LogP contribution in [0.15, 0.2) is 36.3 Å². The van der Waals surface area contributed by atoms with Crippen molar-refractivity contribution in [2.24, 2.45) is 5.92 Å². The Hall–Kier alpha value is -1.32. The molecule has 4 heteroatoms. The Balaban J connectivity index is 2.17. The molecule has 1 saturated heterocycles. The minimum absolute atomic E-state index is 0.114. The lowest BCUT2D eigenvalue weighted by Crippen LogP contribution is -2.39. The second kappa shape index (κ2) is 5.35. The topological polar surface area (TPSA) is 12.5 Å². The van der Waals surface area contributed by atoms with Crippen LogP contribution in [-0.2, 0) is 4.74 Å². The molecule has 1 saturated carbocycles. The normalized spacial score (nSPS) is 23.6. The van der Waals surface area contributed by atoms with Crippen molar-refractivity contribution in [1.29, 1.82) is 0 Å². The van der Waals surface area contributed by atoms with Crippen LogP contribution in [0.2, 0.25) is 0 Å². The fourth-order valence-corrected chi connectivity index (χ4v) is 2.46. The smallest absolute Gasteiger partial charge is 0.251 e. The summed E-state index contributed by atoms with van der Waals surface area (Å²) in [5.41, 5.74) is 1.77. The number of hydrogen-bond acceptors (Lipinski definition) is 2. The highest BCUT2D eigenvalue weighted by molar-refractivity contribution is 5.36. The Morgan fingerprint density at radius 3 is 2.32 bits per heavy atom. The van der Waals surface area contributed by atoms with Crippen molar-refractivity contribution in [3.8, 4) is 0 Å². The van der Waals surface area contributed by atoms with Crippen molar-refractivity contribution >= 4 is 0 Å². The van der Waals surface area contributed by atoms with E-state index < -0.39 is 5.92 Å². The standard InChI is InChI=1S/C15H21F2NO/c1-4-13(14(19-3)11(2)12-5-6-12)18-9-7-15(16,17)8-10-18/h4,12H,1-2,5-10H2,3H3/b14-13-. The molecule has 0 spiro atoms.